The summed E-state index contributed by atoms with van der Waals surface area (Å²) in [5.41, 5.74) is 1.96. The van der Waals surface area contributed by atoms with Crippen LogP contribution in [0.25, 0.3) is 11.5 Å². The third-order valence-corrected chi connectivity index (χ3v) is 3.84. The van der Waals surface area contributed by atoms with Crippen molar-refractivity contribution in [1.29, 1.82) is 0 Å². The molecule has 7 heteroatoms. The fraction of sp³-hybridized carbons (Fsp3) is 0.200. The number of amides is 1. The molecule has 0 unspecified atom stereocenters. The summed E-state index contributed by atoms with van der Waals surface area (Å²) in [5.74, 6) is 0.823. The Morgan fingerprint density at radius 3 is 2.41 bits per heavy atom. The van der Waals surface area contributed by atoms with E-state index in [1.165, 1.54) is 6.39 Å². The standard InChI is InChI=1S/C20H19N3O4/c1-2-26-17-9-5-14(6-10-17)18(24)11-12-19(25)22-16-7-3-15(4-8-16)20-23-21-13-27-20/h3-10,13H,2,11-12H2,1H3,(H,22,25). The maximum Gasteiger partial charge on any atom is 0.247 e. The number of ether oxygens (including phenoxy) is 1. The topological polar surface area (TPSA) is 94.3 Å². The molecular formula is C20H19N3O4. The van der Waals surface area contributed by atoms with Crippen LogP contribution in [-0.2, 0) is 4.79 Å². The van der Waals surface area contributed by atoms with E-state index in [2.05, 4.69) is 15.5 Å². The quantitative estimate of drug-likeness (QED) is 0.611. The second-order valence-electron chi connectivity index (χ2n) is 5.75. The molecule has 2 aromatic carbocycles. The highest BCUT2D eigenvalue weighted by Gasteiger charge is 2.10. The van der Waals surface area contributed by atoms with Crippen LogP contribution in [0, 0.1) is 0 Å². The molecule has 0 bridgehead atoms. The second kappa shape index (κ2) is 8.75. The number of hydrogen-bond donors (Lipinski definition) is 1. The molecule has 0 atom stereocenters. The third kappa shape index (κ3) is 5.01. The summed E-state index contributed by atoms with van der Waals surface area (Å²) in [6, 6.07) is 14.0. The summed E-state index contributed by atoms with van der Waals surface area (Å²) in [6.07, 6.45) is 1.50. The molecule has 27 heavy (non-hydrogen) atoms. The smallest absolute Gasteiger partial charge is 0.247 e. The fourth-order valence-corrected chi connectivity index (χ4v) is 2.49. The Balaban J connectivity index is 1.49. The van der Waals surface area contributed by atoms with Gasteiger partial charge in [-0.25, -0.2) is 0 Å². The van der Waals surface area contributed by atoms with E-state index in [-0.39, 0.29) is 24.5 Å². The monoisotopic (exact) mass is 365 g/mol. The summed E-state index contributed by atoms with van der Waals surface area (Å²) in [5, 5.41) is 10.2. The molecule has 1 N–H and O–H groups in total. The first-order valence-corrected chi connectivity index (χ1v) is 8.58. The molecule has 3 aromatic rings. The van der Waals surface area contributed by atoms with Gasteiger partial charge < -0.3 is 14.5 Å². The zero-order valence-corrected chi connectivity index (χ0v) is 14.8. The van der Waals surface area contributed by atoms with Crippen molar-refractivity contribution in [3.63, 3.8) is 0 Å². The molecule has 0 radical (unpaired) electrons. The van der Waals surface area contributed by atoms with Crippen molar-refractivity contribution >= 4 is 17.4 Å². The van der Waals surface area contributed by atoms with Crippen molar-refractivity contribution in [1.82, 2.24) is 10.2 Å². The van der Waals surface area contributed by atoms with E-state index in [9.17, 15) is 9.59 Å². The van der Waals surface area contributed by atoms with Gasteiger partial charge in [0.15, 0.2) is 5.78 Å². The lowest BCUT2D eigenvalue weighted by molar-refractivity contribution is -0.116. The van der Waals surface area contributed by atoms with E-state index in [1.54, 1.807) is 48.5 Å². The molecular weight excluding hydrogens is 346 g/mol. The third-order valence-electron chi connectivity index (χ3n) is 3.84. The first kappa shape index (κ1) is 18.3. The van der Waals surface area contributed by atoms with Crippen LogP contribution in [-0.4, -0.2) is 28.5 Å². The normalized spacial score (nSPS) is 10.4. The van der Waals surface area contributed by atoms with Gasteiger partial charge in [-0.1, -0.05) is 0 Å². The van der Waals surface area contributed by atoms with Crippen LogP contribution >= 0.6 is 0 Å². The van der Waals surface area contributed by atoms with Crippen LogP contribution in [0.1, 0.15) is 30.1 Å². The SMILES string of the molecule is CCOc1ccc(C(=O)CCC(=O)Nc2ccc(-c3nnco3)cc2)cc1. The Labute approximate surface area is 156 Å². The van der Waals surface area contributed by atoms with Crippen molar-refractivity contribution in [3.05, 3.63) is 60.5 Å². The van der Waals surface area contributed by atoms with E-state index in [4.69, 9.17) is 9.15 Å². The van der Waals surface area contributed by atoms with Gasteiger partial charge >= 0.3 is 0 Å². The molecule has 0 spiro atoms. The molecule has 3 rings (SSSR count). The number of nitrogens with zero attached hydrogens (tertiary/aromatic N) is 2. The van der Waals surface area contributed by atoms with E-state index < -0.39 is 0 Å². The lowest BCUT2D eigenvalue weighted by Crippen LogP contribution is -2.13. The van der Waals surface area contributed by atoms with Crippen LogP contribution in [0.4, 0.5) is 5.69 Å². The average molecular weight is 365 g/mol. The molecule has 0 fully saturated rings. The van der Waals surface area contributed by atoms with Crippen LogP contribution in [0.3, 0.4) is 0 Å². The molecule has 0 aliphatic rings. The number of carbonyl (C=O) groups excluding carboxylic acids is 2. The van der Waals surface area contributed by atoms with Crippen LogP contribution < -0.4 is 10.1 Å². The van der Waals surface area contributed by atoms with E-state index in [0.717, 1.165) is 11.3 Å². The van der Waals surface area contributed by atoms with Gasteiger partial charge in [-0.3, -0.25) is 9.59 Å². The first-order chi connectivity index (χ1) is 13.2. The number of Topliss-reactive ketones (excluding diaryl/α,β-unsaturated/α-hetero) is 1. The Morgan fingerprint density at radius 2 is 1.78 bits per heavy atom. The molecule has 138 valence electrons. The average Bonchev–Trinajstić information content (AvgIpc) is 3.22. The van der Waals surface area contributed by atoms with Crippen molar-refractivity contribution in [2.45, 2.75) is 19.8 Å². The number of hydrogen-bond acceptors (Lipinski definition) is 6. The Kier molecular flexibility index (Phi) is 5.94. The number of aromatic nitrogens is 2. The highest BCUT2D eigenvalue weighted by molar-refractivity contribution is 6.00. The largest absolute Gasteiger partial charge is 0.494 e. The molecule has 0 aliphatic heterocycles. The van der Waals surface area contributed by atoms with E-state index in [1.807, 2.05) is 6.92 Å². The number of ketones is 1. The first-order valence-electron chi connectivity index (χ1n) is 8.58. The maximum absolute atomic E-state index is 12.2. The highest BCUT2D eigenvalue weighted by Crippen LogP contribution is 2.19. The summed E-state index contributed by atoms with van der Waals surface area (Å²) >= 11 is 0. The molecule has 1 aromatic heterocycles. The van der Waals surface area contributed by atoms with Crippen LogP contribution in [0.15, 0.2) is 59.3 Å². The lowest BCUT2D eigenvalue weighted by atomic mass is 10.1. The maximum atomic E-state index is 12.2. The van der Waals surface area contributed by atoms with Crippen LogP contribution in [0.2, 0.25) is 0 Å². The minimum absolute atomic E-state index is 0.0834. The van der Waals surface area contributed by atoms with Gasteiger partial charge in [0.1, 0.15) is 5.75 Å². The zero-order valence-electron chi connectivity index (χ0n) is 14.8. The minimum Gasteiger partial charge on any atom is -0.494 e. The number of rotatable bonds is 8. The van der Waals surface area contributed by atoms with Gasteiger partial charge in [0.2, 0.25) is 18.2 Å². The predicted molar refractivity (Wildman–Crippen MR) is 99.5 cm³/mol. The number of nitrogens with one attached hydrogen (secondary N) is 1. The molecule has 7 nitrogen and oxygen atoms in total. The molecule has 0 saturated heterocycles. The zero-order chi connectivity index (χ0) is 19.1. The Morgan fingerprint density at radius 1 is 1.04 bits per heavy atom. The number of anilines is 1. The fourth-order valence-electron chi connectivity index (χ4n) is 2.49. The molecule has 0 aliphatic carbocycles. The highest BCUT2D eigenvalue weighted by atomic mass is 16.5. The van der Waals surface area contributed by atoms with Gasteiger partial charge in [-0.15, -0.1) is 10.2 Å². The Bertz CT molecular complexity index is 888. The summed E-state index contributed by atoms with van der Waals surface area (Å²) < 4.78 is 10.5. The van der Waals surface area contributed by atoms with Crippen molar-refractivity contribution in [2.24, 2.45) is 0 Å². The van der Waals surface area contributed by atoms with Gasteiger partial charge in [0.25, 0.3) is 0 Å². The number of benzene rings is 2. The Hall–Kier alpha value is -3.48. The van der Waals surface area contributed by atoms with E-state index in [0.29, 0.717) is 23.7 Å². The molecule has 1 amide bonds. The van der Waals surface area contributed by atoms with Gasteiger partial charge in [0, 0.05) is 29.7 Å². The molecule has 0 saturated carbocycles. The number of carbonyl (C=O) groups is 2. The second-order valence-corrected chi connectivity index (χ2v) is 5.75. The van der Waals surface area contributed by atoms with Gasteiger partial charge in [-0.05, 0) is 55.5 Å². The van der Waals surface area contributed by atoms with E-state index >= 15 is 0 Å². The van der Waals surface area contributed by atoms with Crippen molar-refractivity contribution in [3.8, 4) is 17.2 Å². The summed E-state index contributed by atoms with van der Waals surface area (Å²) in [7, 11) is 0. The molecule has 1 heterocycles. The predicted octanol–water partition coefficient (Wildman–Crippen LogP) is 3.74. The van der Waals surface area contributed by atoms with Gasteiger partial charge in [0.05, 0.1) is 6.61 Å². The summed E-state index contributed by atoms with van der Waals surface area (Å²) in [6.45, 7) is 2.47. The van der Waals surface area contributed by atoms with Crippen molar-refractivity contribution in [2.75, 3.05) is 11.9 Å². The van der Waals surface area contributed by atoms with Gasteiger partial charge in [-0.2, -0.15) is 0 Å². The van der Waals surface area contributed by atoms with Crippen molar-refractivity contribution < 1.29 is 18.7 Å². The summed E-state index contributed by atoms with van der Waals surface area (Å²) in [4.78, 5) is 24.3. The van der Waals surface area contributed by atoms with Crippen LogP contribution in [0.5, 0.6) is 5.75 Å². The minimum atomic E-state index is -0.222. The lowest BCUT2D eigenvalue weighted by Gasteiger charge is -2.06.